The number of aryl methyl sites for hydroxylation is 1. The van der Waals surface area contributed by atoms with E-state index in [1.807, 2.05) is 39.0 Å². The van der Waals surface area contributed by atoms with Gasteiger partial charge in [-0.05, 0) is 67.2 Å². The molecule has 5 nitrogen and oxygen atoms in total. The van der Waals surface area contributed by atoms with E-state index in [2.05, 4.69) is 15.9 Å². The second-order valence-electron chi connectivity index (χ2n) is 6.97. The highest BCUT2D eigenvalue weighted by molar-refractivity contribution is 9.10. The van der Waals surface area contributed by atoms with Gasteiger partial charge in [-0.3, -0.25) is 9.59 Å². The molecule has 0 aliphatic rings. The molecule has 25 heavy (non-hydrogen) atoms. The van der Waals surface area contributed by atoms with Crippen LogP contribution in [0.4, 0.5) is 0 Å². The Labute approximate surface area is 158 Å². The Morgan fingerprint density at radius 1 is 1.20 bits per heavy atom. The van der Waals surface area contributed by atoms with Crippen LogP contribution in [0.25, 0.3) is 0 Å². The molecule has 0 radical (unpaired) electrons. The number of esters is 1. The molecule has 0 atom stereocenters. The fourth-order valence-electron chi connectivity index (χ4n) is 2.29. The summed E-state index contributed by atoms with van der Waals surface area (Å²) in [5, 5.41) is 0. The van der Waals surface area contributed by atoms with Crippen molar-refractivity contribution in [2.75, 3.05) is 20.7 Å². The van der Waals surface area contributed by atoms with Crippen molar-refractivity contribution in [2.24, 2.45) is 0 Å². The normalized spacial score (nSPS) is 11.1. The van der Waals surface area contributed by atoms with Crippen molar-refractivity contribution in [2.45, 2.75) is 52.1 Å². The first kappa shape index (κ1) is 21.5. The number of hydrogen-bond acceptors (Lipinski definition) is 4. The summed E-state index contributed by atoms with van der Waals surface area (Å²) in [6, 6.07) is 5.81. The van der Waals surface area contributed by atoms with Gasteiger partial charge in [-0.25, -0.2) is 0 Å². The minimum atomic E-state index is -0.467. The number of carbonyl (C=O) groups is 2. The number of nitrogens with zero attached hydrogens (tertiary/aromatic N) is 1. The Kier molecular flexibility index (Phi) is 8.42. The van der Waals surface area contributed by atoms with Crippen LogP contribution in [0.1, 0.15) is 45.6 Å². The van der Waals surface area contributed by atoms with Crippen molar-refractivity contribution in [3.63, 3.8) is 0 Å². The number of halogens is 1. The van der Waals surface area contributed by atoms with Gasteiger partial charge < -0.3 is 14.4 Å². The van der Waals surface area contributed by atoms with Crippen molar-refractivity contribution in [1.82, 2.24) is 4.90 Å². The minimum Gasteiger partial charge on any atom is -0.496 e. The van der Waals surface area contributed by atoms with E-state index in [9.17, 15) is 9.59 Å². The highest BCUT2D eigenvalue weighted by Crippen LogP contribution is 2.26. The summed E-state index contributed by atoms with van der Waals surface area (Å²) in [5.74, 6) is 0.613. The summed E-state index contributed by atoms with van der Waals surface area (Å²) in [4.78, 5) is 25.5. The molecule has 0 bridgehead atoms. The molecule has 140 valence electrons. The molecular formula is C19H28BrNO4. The Bertz CT molecular complexity index is 596. The molecule has 0 aliphatic carbocycles. The van der Waals surface area contributed by atoms with Gasteiger partial charge in [-0.1, -0.05) is 6.07 Å². The average Bonchev–Trinajstić information content (AvgIpc) is 2.50. The highest BCUT2D eigenvalue weighted by atomic mass is 79.9. The molecule has 0 saturated heterocycles. The van der Waals surface area contributed by atoms with Crippen molar-refractivity contribution in [1.29, 1.82) is 0 Å². The van der Waals surface area contributed by atoms with Crippen LogP contribution >= 0.6 is 15.9 Å². The van der Waals surface area contributed by atoms with Crippen LogP contribution in [0.2, 0.25) is 0 Å². The van der Waals surface area contributed by atoms with E-state index < -0.39 is 5.60 Å². The molecule has 0 heterocycles. The van der Waals surface area contributed by atoms with Gasteiger partial charge in [0.05, 0.1) is 11.6 Å². The second-order valence-corrected chi connectivity index (χ2v) is 7.83. The maximum atomic E-state index is 12.2. The monoisotopic (exact) mass is 413 g/mol. The fraction of sp³-hybridized carbons (Fsp3) is 0.579. The van der Waals surface area contributed by atoms with Gasteiger partial charge in [0.2, 0.25) is 5.91 Å². The fourth-order valence-corrected chi connectivity index (χ4v) is 2.87. The number of amides is 1. The zero-order chi connectivity index (χ0) is 19.0. The zero-order valence-corrected chi connectivity index (χ0v) is 17.3. The van der Waals surface area contributed by atoms with E-state index >= 15 is 0 Å². The first-order chi connectivity index (χ1) is 11.6. The van der Waals surface area contributed by atoms with Crippen LogP contribution in [0, 0.1) is 0 Å². The quantitative estimate of drug-likeness (QED) is 0.604. The van der Waals surface area contributed by atoms with E-state index in [-0.39, 0.29) is 11.9 Å². The van der Waals surface area contributed by atoms with Crippen molar-refractivity contribution >= 4 is 27.8 Å². The standard InChI is InChI=1S/C19H28BrNO4/c1-19(2,3)25-18(23)7-6-12-21(4)17(22)11-9-14-8-10-16(24-5)15(20)13-14/h8,10,13H,6-7,9,11-12H2,1-5H3. The Hall–Kier alpha value is -1.56. The van der Waals surface area contributed by atoms with Gasteiger partial charge in [0.1, 0.15) is 11.4 Å². The average molecular weight is 414 g/mol. The summed E-state index contributed by atoms with van der Waals surface area (Å²) in [6.45, 7) is 6.08. The summed E-state index contributed by atoms with van der Waals surface area (Å²) >= 11 is 3.45. The van der Waals surface area contributed by atoms with Crippen molar-refractivity contribution in [3.05, 3.63) is 28.2 Å². The zero-order valence-electron chi connectivity index (χ0n) is 15.7. The number of carbonyl (C=O) groups excluding carboxylic acids is 2. The molecule has 6 heteroatoms. The Balaban J connectivity index is 2.35. The molecule has 1 rings (SSSR count). The number of methoxy groups -OCH3 is 1. The third-order valence-corrected chi connectivity index (χ3v) is 4.18. The summed E-state index contributed by atoms with van der Waals surface area (Å²) < 4.78 is 11.3. The summed E-state index contributed by atoms with van der Waals surface area (Å²) in [5.41, 5.74) is 0.606. The third kappa shape index (κ3) is 8.38. The molecular weight excluding hydrogens is 386 g/mol. The van der Waals surface area contributed by atoms with Crippen LogP contribution < -0.4 is 4.74 Å². The van der Waals surface area contributed by atoms with Gasteiger partial charge >= 0.3 is 5.97 Å². The number of hydrogen-bond donors (Lipinski definition) is 0. The number of benzene rings is 1. The number of ether oxygens (including phenoxy) is 2. The van der Waals surface area contributed by atoms with E-state index in [1.54, 1.807) is 19.1 Å². The van der Waals surface area contributed by atoms with Gasteiger partial charge in [0.25, 0.3) is 0 Å². The topological polar surface area (TPSA) is 55.8 Å². The largest absolute Gasteiger partial charge is 0.496 e. The molecule has 0 saturated carbocycles. The molecule has 1 aromatic rings. The van der Waals surface area contributed by atoms with Gasteiger partial charge in [0.15, 0.2) is 0 Å². The van der Waals surface area contributed by atoms with Crippen molar-refractivity contribution < 1.29 is 19.1 Å². The molecule has 0 fully saturated rings. The third-order valence-electron chi connectivity index (χ3n) is 3.56. The molecule has 1 amide bonds. The van der Waals surface area contributed by atoms with Crippen molar-refractivity contribution in [3.8, 4) is 5.75 Å². The van der Waals surface area contributed by atoms with Crippen LogP contribution in [0.3, 0.4) is 0 Å². The maximum Gasteiger partial charge on any atom is 0.306 e. The van der Waals surface area contributed by atoms with E-state index in [1.165, 1.54) is 0 Å². The highest BCUT2D eigenvalue weighted by Gasteiger charge is 2.16. The maximum absolute atomic E-state index is 12.2. The molecule has 0 N–H and O–H groups in total. The van der Waals surface area contributed by atoms with E-state index in [0.29, 0.717) is 32.2 Å². The minimum absolute atomic E-state index is 0.0659. The Morgan fingerprint density at radius 2 is 1.88 bits per heavy atom. The molecule has 1 aromatic carbocycles. The number of rotatable bonds is 8. The Morgan fingerprint density at radius 3 is 2.44 bits per heavy atom. The second kappa shape index (κ2) is 9.80. The molecule has 0 unspecified atom stereocenters. The molecule has 0 aromatic heterocycles. The van der Waals surface area contributed by atoms with Gasteiger partial charge in [-0.2, -0.15) is 0 Å². The first-order valence-electron chi connectivity index (χ1n) is 8.40. The lowest BCUT2D eigenvalue weighted by atomic mass is 10.1. The van der Waals surface area contributed by atoms with E-state index in [4.69, 9.17) is 9.47 Å². The van der Waals surface area contributed by atoms with Crippen LogP contribution in [-0.2, 0) is 20.7 Å². The first-order valence-corrected chi connectivity index (χ1v) is 9.20. The van der Waals surface area contributed by atoms with Crippen LogP contribution in [0.15, 0.2) is 22.7 Å². The SMILES string of the molecule is COc1ccc(CCC(=O)N(C)CCCC(=O)OC(C)(C)C)cc1Br. The summed E-state index contributed by atoms with van der Waals surface area (Å²) in [7, 11) is 3.39. The predicted molar refractivity (Wildman–Crippen MR) is 102 cm³/mol. The lowest BCUT2D eigenvalue weighted by Crippen LogP contribution is -2.29. The van der Waals surface area contributed by atoms with Crippen LogP contribution in [-0.4, -0.2) is 43.1 Å². The van der Waals surface area contributed by atoms with Gasteiger partial charge in [-0.15, -0.1) is 0 Å². The van der Waals surface area contributed by atoms with Crippen LogP contribution in [0.5, 0.6) is 5.75 Å². The molecule has 0 spiro atoms. The summed E-state index contributed by atoms with van der Waals surface area (Å²) in [6.07, 6.45) is 2.02. The lowest BCUT2D eigenvalue weighted by Gasteiger charge is -2.20. The molecule has 0 aliphatic heterocycles. The predicted octanol–water partition coefficient (Wildman–Crippen LogP) is 3.97. The van der Waals surface area contributed by atoms with E-state index in [0.717, 1.165) is 15.8 Å². The van der Waals surface area contributed by atoms with Gasteiger partial charge in [0, 0.05) is 26.4 Å². The smallest absolute Gasteiger partial charge is 0.306 e. The lowest BCUT2D eigenvalue weighted by molar-refractivity contribution is -0.155.